The molecule has 2 aromatic carbocycles. The predicted molar refractivity (Wildman–Crippen MR) is 118 cm³/mol. The van der Waals surface area contributed by atoms with Crippen LogP contribution in [0.5, 0.6) is 5.75 Å². The van der Waals surface area contributed by atoms with Gasteiger partial charge in [-0.15, -0.1) is 0 Å². The lowest BCUT2D eigenvalue weighted by Crippen LogP contribution is -2.35. The lowest BCUT2D eigenvalue weighted by atomic mass is 10.0. The van der Waals surface area contributed by atoms with Crippen LogP contribution in [0.25, 0.3) is 0 Å². The first-order valence-corrected chi connectivity index (χ1v) is 10.1. The number of amides is 3. The highest BCUT2D eigenvalue weighted by Gasteiger charge is 2.18. The second kappa shape index (κ2) is 10.9. The van der Waals surface area contributed by atoms with Crippen LogP contribution in [0, 0.1) is 0 Å². The van der Waals surface area contributed by atoms with Gasteiger partial charge in [0.15, 0.2) is 0 Å². The molecule has 0 saturated carbocycles. The Morgan fingerprint density at radius 2 is 1.80 bits per heavy atom. The molecule has 0 saturated heterocycles. The minimum atomic E-state index is -0.428. The molecule has 6 heteroatoms. The van der Waals surface area contributed by atoms with Crippen LogP contribution in [-0.4, -0.2) is 19.0 Å². The summed E-state index contributed by atoms with van der Waals surface area (Å²) < 4.78 is 5.88. The van der Waals surface area contributed by atoms with Crippen molar-refractivity contribution in [2.24, 2.45) is 0 Å². The molecule has 30 heavy (non-hydrogen) atoms. The van der Waals surface area contributed by atoms with Crippen LogP contribution in [0.4, 0.5) is 10.5 Å². The molecular weight excluding hydrogens is 378 g/mol. The molecule has 0 radical (unpaired) electrons. The number of carbonyl (C=O) groups excluding carboxylic acids is 2. The molecule has 3 amide bonds. The Morgan fingerprint density at radius 3 is 2.53 bits per heavy atom. The molecule has 0 fully saturated rings. The van der Waals surface area contributed by atoms with Gasteiger partial charge >= 0.3 is 6.03 Å². The normalized spacial score (nSPS) is 14.1. The van der Waals surface area contributed by atoms with E-state index in [1.165, 1.54) is 0 Å². The number of benzene rings is 2. The summed E-state index contributed by atoms with van der Waals surface area (Å²) in [5, 5.41) is 8.28. The van der Waals surface area contributed by atoms with Crippen molar-refractivity contribution in [2.45, 2.75) is 31.7 Å². The molecule has 1 aliphatic rings. The number of rotatable bonds is 7. The molecule has 6 nitrogen and oxygen atoms in total. The molecule has 3 N–H and O–H groups in total. The van der Waals surface area contributed by atoms with Gasteiger partial charge in [0.2, 0.25) is 5.91 Å². The third-order valence-electron chi connectivity index (χ3n) is 4.73. The van der Waals surface area contributed by atoms with E-state index in [4.69, 9.17) is 4.74 Å². The zero-order chi connectivity index (χ0) is 21.2. The smallest absolute Gasteiger partial charge is 0.319 e. The van der Waals surface area contributed by atoms with E-state index < -0.39 is 6.04 Å². The highest BCUT2D eigenvalue weighted by Crippen LogP contribution is 2.21. The average molecular weight is 405 g/mol. The lowest BCUT2D eigenvalue weighted by molar-refractivity contribution is -0.121. The number of nitrogens with one attached hydrogen (secondary N) is 3. The standard InChI is InChI=1S/C24H27N3O3/c1-25-23(28)17-22(18-9-5-4-6-10-18)27-24(29)26-19-13-15-21(16-14-19)30-20-11-7-2-3-8-12-20/h4-7,9-16,22H,2-3,8,17H2,1H3,(H,25,28)(H2,26,27,29). The Kier molecular flexibility index (Phi) is 7.66. The Morgan fingerprint density at radius 1 is 1.03 bits per heavy atom. The fourth-order valence-corrected chi connectivity index (χ4v) is 3.12. The number of anilines is 1. The van der Waals surface area contributed by atoms with Crippen LogP contribution in [0.15, 0.2) is 78.6 Å². The molecule has 1 unspecified atom stereocenters. The molecule has 0 spiro atoms. The van der Waals surface area contributed by atoms with E-state index in [1.54, 1.807) is 19.2 Å². The summed E-state index contributed by atoms with van der Waals surface area (Å²) in [7, 11) is 1.58. The zero-order valence-corrected chi connectivity index (χ0v) is 17.1. The molecule has 3 rings (SSSR count). The topological polar surface area (TPSA) is 79.5 Å². The van der Waals surface area contributed by atoms with E-state index in [1.807, 2.05) is 48.5 Å². The van der Waals surface area contributed by atoms with E-state index in [0.717, 1.165) is 30.6 Å². The first-order chi connectivity index (χ1) is 14.6. The van der Waals surface area contributed by atoms with Gasteiger partial charge in [-0.3, -0.25) is 4.79 Å². The van der Waals surface area contributed by atoms with Gasteiger partial charge in [-0.2, -0.15) is 0 Å². The number of allylic oxidation sites excluding steroid dienone is 3. The summed E-state index contributed by atoms with van der Waals surface area (Å²) in [6.07, 6.45) is 9.53. The van der Waals surface area contributed by atoms with Crippen molar-refractivity contribution in [1.29, 1.82) is 0 Å². The molecule has 156 valence electrons. The Balaban J connectivity index is 1.60. The van der Waals surface area contributed by atoms with Crippen molar-refractivity contribution in [3.63, 3.8) is 0 Å². The van der Waals surface area contributed by atoms with Crippen LogP contribution in [0.2, 0.25) is 0 Å². The van der Waals surface area contributed by atoms with Gasteiger partial charge in [0.05, 0.1) is 12.5 Å². The van der Waals surface area contributed by atoms with Gasteiger partial charge in [0, 0.05) is 12.7 Å². The van der Waals surface area contributed by atoms with Gasteiger partial charge in [0.1, 0.15) is 11.5 Å². The molecule has 0 aromatic heterocycles. The fourth-order valence-electron chi connectivity index (χ4n) is 3.12. The third kappa shape index (κ3) is 6.51. The molecule has 1 aliphatic carbocycles. The van der Waals surface area contributed by atoms with Crippen molar-refractivity contribution in [3.05, 3.63) is 84.1 Å². The number of carbonyl (C=O) groups is 2. The van der Waals surface area contributed by atoms with Crippen LogP contribution >= 0.6 is 0 Å². The predicted octanol–water partition coefficient (Wildman–Crippen LogP) is 4.69. The Bertz CT molecular complexity index is 905. The zero-order valence-electron chi connectivity index (χ0n) is 17.1. The van der Waals surface area contributed by atoms with Crippen LogP contribution in [0.3, 0.4) is 0 Å². The number of hydrogen-bond acceptors (Lipinski definition) is 3. The van der Waals surface area contributed by atoms with Gasteiger partial charge in [0.25, 0.3) is 0 Å². The third-order valence-corrected chi connectivity index (χ3v) is 4.73. The van der Waals surface area contributed by atoms with E-state index >= 15 is 0 Å². The van der Waals surface area contributed by atoms with Crippen molar-refractivity contribution in [2.75, 3.05) is 12.4 Å². The van der Waals surface area contributed by atoms with Gasteiger partial charge < -0.3 is 20.7 Å². The minimum absolute atomic E-state index is 0.146. The maximum atomic E-state index is 12.5. The molecule has 0 aliphatic heterocycles. The van der Waals surface area contributed by atoms with Crippen LogP contribution in [0.1, 0.15) is 37.3 Å². The van der Waals surface area contributed by atoms with Gasteiger partial charge in [-0.1, -0.05) is 36.4 Å². The van der Waals surface area contributed by atoms with Crippen molar-refractivity contribution in [1.82, 2.24) is 10.6 Å². The van der Waals surface area contributed by atoms with Crippen molar-refractivity contribution < 1.29 is 14.3 Å². The quantitative estimate of drug-likeness (QED) is 0.625. The maximum Gasteiger partial charge on any atom is 0.319 e. The largest absolute Gasteiger partial charge is 0.458 e. The first-order valence-electron chi connectivity index (χ1n) is 10.1. The Labute approximate surface area is 177 Å². The fraction of sp³-hybridized carbons (Fsp3) is 0.250. The van der Waals surface area contributed by atoms with Gasteiger partial charge in [-0.05, 0) is 61.2 Å². The van der Waals surface area contributed by atoms with E-state index in [9.17, 15) is 9.59 Å². The highest BCUT2D eigenvalue weighted by molar-refractivity contribution is 5.90. The summed E-state index contributed by atoms with van der Waals surface area (Å²) in [4.78, 5) is 24.4. The lowest BCUT2D eigenvalue weighted by Gasteiger charge is -2.19. The summed E-state index contributed by atoms with van der Waals surface area (Å²) >= 11 is 0. The molecule has 1 atom stereocenters. The second-order valence-corrected chi connectivity index (χ2v) is 7.01. The maximum absolute atomic E-state index is 12.5. The minimum Gasteiger partial charge on any atom is -0.458 e. The highest BCUT2D eigenvalue weighted by atomic mass is 16.5. The molecular formula is C24H27N3O3. The van der Waals surface area contributed by atoms with E-state index in [0.29, 0.717) is 11.4 Å². The number of urea groups is 1. The first kappa shape index (κ1) is 21.2. The van der Waals surface area contributed by atoms with Crippen LogP contribution in [-0.2, 0) is 4.79 Å². The monoisotopic (exact) mass is 405 g/mol. The summed E-state index contributed by atoms with van der Waals surface area (Å²) in [5.41, 5.74) is 1.50. The summed E-state index contributed by atoms with van der Waals surface area (Å²) in [6, 6.07) is 15.8. The second-order valence-electron chi connectivity index (χ2n) is 7.01. The summed E-state index contributed by atoms with van der Waals surface area (Å²) in [5.74, 6) is 1.40. The SMILES string of the molecule is CNC(=O)CC(NC(=O)Nc1ccc(OC2=CCCCC=C2)cc1)c1ccccc1. The number of hydrogen-bond donors (Lipinski definition) is 3. The average Bonchev–Trinajstić information content (AvgIpc) is 3.04. The summed E-state index contributed by atoms with van der Waals surface area (Å²) in [6.45, 7) is 0. The molecule has 0 heterocycles. The van der Waals surface area contributed by atoms with Crippen molar-refractivity contribution in [3.8, 4) is 5.75 Å². The van der Waals surface area contributed by atoms with Crippen LogP contribution < -0.4 is 20.7 Å². The van der Waals surface area contributed by atoms with E-state index in [2.05, 4.69) is 28.1 Å². The molecule has 2 aromatic rings. The Hall–Kier alpha value is -3.54. The molecule has 0 bridgehead atoms. The van der Waals surface area contributed by atoms with Gasteiger partial charge in [-0.25, -0.2) is 4.79 Å². The van der Waals surface area contributed by atoms with Crippen molar-refractivity contribution >= 4 is 17.6 Å². The number of ether oxygens (including phenoxy) is 1. The van der Waals surface area contributed by atoms with E-state index in [-0.39, 0.29) is 18.4 Å².